The Hall–Kier alpha value is -1.72. The molecule has 0 saturated carbocycles. The van der Waals surface area contributed by atoms with Crippen LogP contribution in [0.5, 0.6) is 11.5 Å². The zero-order valence-corrected chi connectivity index (χ0v) is 13.6. The first kappa shape index (κ1) is 15.7. The maximum atomic E-state index is 11.9. The van der Waals surface area contributed by atoms with Crippen molar-refractivity contribution in [2.45, 2.75) is 0 Å². The van der Waals surface area contributed by atoms with E-state index in [0.29, 0.717) is 22.2 Å². The van der Waals surface area contributed by atoms with E-state index in [1.54, 1.807) is 37.4 Å². The van der Waals surface area contributed by atoms with Crippen LogP contribution >= 0.6 is 27.5 Å². The molecule has 2 aromatic carbocycles. The minimum Gasteiger partial charge on any atom is -0.495 e. The molecule has 4 nitrogen and oxygen atoms in total. The largest absolute Gasteiger partial charge is 0.495 e. The Labute approximate surface area is 136 Å². The van der Waals surface area contributed by atoms with Crippen molar-refractivity contribution < 1.29 is 14.3 Å². The van der Waals surface area contributed by atoms with Crippen LogP contribution in [0.1, 0.15) is 0 Å². The second kappa shape index (κ2) is 7.33. The van der Waals surface area contributed by atoms with E-state index in [1.165, 1.54) is 0 Å². The summed E-state index contributed by atoms with van der Waals surface area (Å²) in [6.07, 6.45) is 0. The summed E-state index contributed by atoms with van der Waals surface area (Å²) in [4.78, 5) is 11.9. The van der Waals surface area contributed by atoms with E-state index in [9.17, 15) is 4.79 Å². The van der Waals surface area contributed by atoms with Crippen molar-refractivity contribution in [3.8, 4) is 11.5 Å². The molecule has 0 fully saturated rings. The van der Waals surface area contributed by atoms with E-state index in [4.69, 9.17) is 21.1 Å². The second-order valence-electron chi connectivity index (χ2n) is 4.11. The van der Waals surface area contributed by atoms with Crippen LogP contribution < -0.4 is 14.8 Å². The van der Waals surface area contributed by atoms with Crippen molar-refractivity contribution in [1.82, 2.24) is 0 Å². The quantitative estimate of drug-likeness (QED) is 0.861. The van der Waals surface area contributed by atoms with E-state index in [2.05, 4.69) is 21.2 Å². The lowest BCUT2D eigenvalue weighted by Crippen LogP contribution is -2.20. The predicted octanol–water partition coefficient (Wildman–Crippen LogP) is 4.13. The van der Waals surface area contributed by atoms with Gasteiger partial charge in [0.05, 0.1) is 17.8 Å². The van der Waals surface area contributed by atoms with E-state index >= 15 is 0 Å². The molecule has 0 heterocycles. The Bertz CT molecular complexity index is 649. The Kier molecular flexibility index (Phi) is 5.47. The van der Waals surface area contributed by atoms with Crippen molar-refractivity contribution in [2.24, 2.45) is 0 Å². The average Bonchev–Trinajstić information content (AvgIpc) is 2.47. The monoisotopic (exact) mass is 369 g/mol. The van der Waals surface area contributed by atoms with Crippen LogP contribution in [-0.4, -0.2) is 19.6 Å². The molecule has 110 valence electrons. The van der Waals surface area contributed by atoms with E-state index in [0.717, 1.165) is 4.47 Å². The highest BCUT2D eigenvalue weighted by Gasteiger charge is 2.09. The van der Waals surface area contributed by atoms with Crippen LogP contribution in [-0.2, 0) is 4.79 Å². The van der Waals surface area contributed by atoms with Crippen molar-refractivity contribution in [2.75, 3.05) is 19.0 Å². The van der Waals surface area contributed by atoms with Gasteiger partial charge >= 0.3 is 0 Å². The Morgan fingerprint density at radius 2 is 2.00 bits per heavy atom. The van der Waals surface area contributed by atoms with Crippen LogP contribution in [0.2, 0.25) is 5.02 Å². The first-order chi connectivity index (χ1) is 10.1. The summed E-state index contributed by atoms with van der Waals surface area (Å²) >= 11 is 9.32. The van der Waals surface area contributed by atoms with E-state index in [-0.39, 0.29) is 12.5 Å². The summed E-state index contributed by atoms with van der Waals surface area (Å²) in [6.45, 7) is -0.139. The standard InChI is InChI=1S/C15H13BrClNO3/c1-20-14-5-3-2-4-12(14)18-15(19)9-21-13-7-6-10(16)8-11(13)17/h2-8H,9H2,1H3,(H,18,19). The average molecular weight is 371 g/mol. The molecule has 0 aromatic heterocycles. The van der Waals surface area contributed by atoms with Crippen molar-refractivity contribution in [3.05, 3.63) is 52.0 Å². The van der Waals surface area contributed by atoms with Crippen LogP contribution in [0.3, 0.4) is 0 Å². The van der Waals surface area contributed by atoms with E-state index < -0.39 is 0 Å². The molecule has 0 saturated heterocycles. The van der Waals surface area contributed by atoms with Crippen LogP contribution in [0.4, 0.5) is 5.69 Å². The second-order valence-corrected chi connectivity index (χ2v) is 5.43. The van der Waals surface area contributed by atoms with Gasteiger partial charge in [0.1, 0.15) is 11.5 Å². The molecule has 2 aromatic rings. The first-order valence-electron chi connectivity index (χ1n) is 6.11. The lowest BCUT2D eigenvalue weighted by molar-refractivity contribution is -0.118. The third kappa shape index (κ3) is 4.37. The molecule has 0 aliphatic carbocycles. The molecule has 0 bridgehead atoms. The lowest BCUT2D eigenvalue weighted by Gasteiger charge is -2.11. The molecule has 0 unspecified atom stereocenters. The Morgan fingerprint density at radius 3 is 2.71 bits per heavy atom. The van der Waals surface area contributed by atoms with Gasteiger partial charge in [-0.1, -0.05) is 39.7 Å². The maximum Gasteiger partial charge on any atom is 0.262 e. The topological polar surface area (TPSA) is 47.6 Å². The molecule has 0 aliphatic heterocycles. The van der Waals surface area contributed by atoms with Gasteiger partial charge in [0.25, 0.3) is 5.91 Å². The number of nitrogens with one attached hydrogen (secondary N) is 1. The number of anilines is 1. The van der Waals surface area contributed by atoms with Gasteiger partial charge in [-0.25, -0.2) is 0 Å². The van der Waals surface area contributed by atoms with E-state index in [1.807, 2.05) is 12.1 Å². The zero-order chi connectivity index (χ0) is 15.2. The van der Waals surface area contributed by atoms with Gasteiger partial charge in [-0.15, -0.1) is 0 Å². The van der Waals surface area contributed by atoms with Crippen LogP contribution in [0.15, 0.2) is 46.9 Å². The number of methoxy groups -OCH3 is 1. The fourth-order valence-electron chi connectivity index (χ4n) is 1.67. The van der Waals surface area contributed by atoms with Crippen molar-refractivity contribution >= 4 is 39.1 Å². The summed E-state index contributed by atoms with van der Waals surface area (Å²) in [6, 6.07) is 12.3. The van der Waals surface area contributed by atoms with Gasteiger partial charge in [0.15, 0.2) is 6.61 Å². The minimum absolute atomic E-state index is 0.139. The first-order valence-corrected chi connectivity index (χ1v) is 7.28. The Balaban J connectivity index is 1.96. The molecule has 21 heavy (non-hydrogen) atoms. The molecular weight excluding hydrogens is 358 g/mol. The zero-order valence-electron chi connectivity index (χ0n) is 11.2. The van der Waals surface area contributed by atoms with Crippen molar-refractivity contribution in [3.63, 3.8) is 0 Å². The fourth-order valence-corrected chi connectivity index (χ4v) is 2.40. The number of amides is 1. The summed E-state index contributed by atoms with van der Waals surface area (Å²) < 4.78 is 11.4. The third-order valence-electron chi connectivity index (χ3n) is 2.63. The normalized spacial score (nSPS) is 10.0. The molecule has 0 spiro atoms. The van der Waals surface area contributed by atoms with Gasteiger partial charge < -0.3 is 14.8 Å². The van der Waals surface area contributed by atoms with Gasteiger partial charge in [-0.2, -0.15) is 0 Å². The number of carbonyl (C=O) groups excluding carboxylic acids is 1. The van der Waals surface area contributed by atoms with Crippen LogP contribution in [0.25, 0.3) is 0 Å². The number of benzene rings is 2. The number of ether oxygens (including phenoxy) is 2. The number of halogens is 2. The molecule has 2 rings (SSSR count). The molecule has 0 aliphatic rings. The van der Waals surface area contributed by atoms with Gasteiger partial charge in [-0.3, -0.25) is 4.79 Å². The van der Waals surface area contributed by atoms with Gasteiger partial charge in [-0.05, 0) is 30.3 Å². The molecular formula is C15H13BrClNO3. The van der Waals surface area contributed by atoms with Crippen LogP contribution in [0, 0.1) is 0 Å². The smallest absolute Gasteiger partial charge is 0.262 e. The third-order valence-corrected chi connectivity index (χ3v) is 3.42. The number of hydrogen-bond donors (Lipinski definition) is 1. The molecule has 0 radical (unpaired) electrons. The summed E-state index contributed by atoms with van der Waals surface area (Å²) in [5.41, 5.74) is 0.593. The van der Waals surface area contributed by atoms with Crippen molar-refractivity contribution in [1.29, 1.82) is 0 Å². The molecule has 6 heteroatoms. The Morgan fingerprint density at radius 1 is 1.24 bits per heavy atom. The number of para-hydroxylation sites is 2. The SMILES string of the molecule is COc1ccccc1NC(=O)COc1ccc(Br)cc1Cl. The number of hydrogen-bond acceptors (Lipinski definition) is 3. The highest BCUT2D eigenvalue weighted by atomic mass is 79.9. The highest BCUT2D eigenvalue weighted by Crippen LogP contribution is 2.28. The summed E-state index contributed by atoms with van der Waals surface area (Å²) in [5.74, 6) is 0.751. The minimum atomic E-state index is -0.293. The molecule has 1 N–H and O–H groups in total. The molecule has 0 atom stereocenters. The lowest BCUT2D eigenvalue weighted by atomic mass is 10.3. The van der Waals surface area contributed by atoms with Gasteiger partial charge in [0, 0.05) is 4.47 Å². The highest BCUT2D eigenvalue weighted by molar-refractivity contribution is 9.10. The predicted molar refractivity (Wildman–Crippen MR) is 86.3 cm³/mol. The van der Waals surface area contributed by atoms with Gasteiger partial charge in [0.2, 0.25) is 0 Å². The maximum absolute atomic E-state index is 11.9. The number of carbonyl (C=O) groups is 1. The number of rotatable bonds is 5. The molecule has 1 amide bonds. The fraction of sp³-hybridized carbons (Fsp3) is 0.133. The summed E-state index contributed by atoms with van der Waals surface area (Å²) in [7, 11) is 1.54. The summed E-state index contributed by atoms with van der Waals surface area (Å²) in [5, 5.41) is 3.16.